The van der Waals surface area contributed by atoms with Gasteiger partial charge in [-0.15, -0.1) is 0 Å². The maximum atomic E-state index is 12.5. The van der Waals surface area contributed by atoms with Crippen LogP contribution in [-0.4, -0.2) is 11.7 Å². The Kier molecular flexibility index (Phi) is 2.82. The lowest BCUT2D eigenvalue weighted by atomic mass is 10.1. The SMILES string of the molecule is CCO[C@H]1CCc2oc3cc(C)cc(O)c3c(=O)c21. The van der Waals surface area contributed by atoms with Gasteiger partial charge in [0.05, 0.1) is 11.7 Å². The standard InChI is InChI=1S/C15H16O4/c1-3-18-10-4-5-11-14(10)15(17)13-9(16)6-8(2)7-12(13)19-11/h6-7,10,16H,3-5H2,1-2H3/t10-/m0/s1. The van der Waals surface area contributed by atoms with Crippen LogP contribution in [0.3, 0.4) is 0 Å². The second-order valence-electron chi connectivity index (χ2n) is 4.91. The second-order valence-corrected chi connectivity index (χ2v) is 4.91. The lowest BCUT2D eigenvalue weighted by Crippen LogP contribution is -2.14. The number of benzene rings is 1. The van der Waals surface area contributed by atoms with Crippen LogP contribution < -0.4 is 5.43 Å². The average molecular weight is 260 g/mol. The first-order chi connectivity index (χ1) is 9.11. The number of phenolic OH excluding ortho intramolecular Hbond substituents is 1. The van der Waals surface area contributed by atoms with E-state index in [0.717, 1.165) is 12.0 Å². The van der Waals surface area contributed by atoms with Gasteiger partial charge in [0.25, 0.3) is 0 Å². The number of hydrogen-bond acceptors (Lipinski definition) is 4. The molecule has 2 aromatic rings. The fourth-order valence-electron chi connectivity index (χ4n) is 2.78. The number of fused-ring (bicyclic) bond motifs is 2. The largest absolute Gasteiger partial charge is 0.507 e. The van der Waals surface area contributed by atoms with E-state index in [2.05, 4.69) is 0 Å². The molecular formula is C15H16O4. The van der Waals surface area contributed by atoms with Crippen molar-refractivity contribution in [2.75, 3.05) is 6.61 Å². The topological polar surface area (TPSA) is 59.7 Å². The van der Waals surface area contributed by atoms with Gasteiger partial charge >= 0.3 is 0 Å². The molecule has 100 valence electrons. The highest BCUT2D eigenvalue weighted by molar-refractivity contribution is 5.84. The molecule has 0 saturated heterocycles. The van der Waals surface area contributed by atoms with E-state index in [-0.39, 0.29) is 22.7 Å². The van der Waals surface area contributed by atoms with Gasteiger partial charge in [-0.05, 0) is 38.0 Å². The van der Waals surface area contributed by atoms with Crippen molar-refractivity contribution in [3.63, 3.8) is 0 Å². The summed E-state index contributed by atoms with van der Waals surface area (Å²) in [5.41, 5.74) is 1.74. The van der Waals surface area contributed by atoms with Crippen LogP contribution in [0.25, 0.3) is 11.0 Å². The predicted molar refractivity (Wildman–Crippen MR) is 71.6 cm³/mol. The van der Waals surface area contributed by atoms with Crippen LogP contribution in [0.1, 0.15) is 36.3 Å². The molecule has 4 heteroatoms. The highest BCUT2D eigenvalue weighted by Gasteiger charge is 2.30. The zero-order chi connectivity index (χ0) is 13.6. The molecule has 0 aliphatic heterocycles. The molecule has 1 aromatic carbocycles. The molecule has 1 N–H and O–H groups in total. The minimum absolute atomic E-state index is 0.0197. The highest BCUT2D eigenvalue weighted by atomic mass is 16.5. The Balaban J connectivity index is 2.31. The molecule has 1 aliphatic carbocycles. The van der Waals surface area contributed by atoms with Crippen LogP contribution in [0.15, 0.2) is 21.3 Å². The molecule has 1 heterocycles. The average Bonchev–Trinajstić information content (AvgIpc) is 2.72. The van der Waals surface area contributed by atoms with Crippen molar-refractivity contribution in [3.05, 3.63) is 39.2 Å². The van der Waals surface area contributed by atoms with E-state index >= 15 is 0 Å². The molecule has 0 amide bonds. The summed E-state index contributed by atoms with van der Waals surface area (Å²) < 4.78 is 11.4. The summed E-state index contributed by atoms with van der Waals surface area (Å²) >= 11 is 0. The minimum Gasteiger partial charge on any atom is -0.507 e. The summed E-state index contributed by atoms with van der Waals surface area (Å²) in [5.74, 6) is 0.676. The van der Waals surface area contributed by atoms with E-state index in [4.69, 9.17) is 9.15 Å². The van der Waals surface area contributed by atoms with Crippen molar-refractivity contribution in [2.45, 2.75) is 32.8 Å². The molecule has 0 bridgehead atoms. The van der Waals surface area contributed by atoms with Gasteiger partial charge < -0.3 is 14.3 Å². The number of phenols is 1. The Bertz CT molecular complexity index is 699. The highest BCUT2D eigenvalue weighted by Crippen LogP contribution is 2.35. The molecule has 1 atom stereocenters. The third kappa shape index (κ3) is 1.83. The zero-order valence-electron chi connectivity index (χ0n) is 11.0. The second kappa shape index (κ2) is 4.38. The Morgan fingerprint density at radius 2 is 2.26 bits per heavy atom. The van der Waals surface area contributed by atoms with E-state index in [1.807, 2.05) is 13.8 Å². The molecule has 0 fully saturated rings. The quantitative estimate of drug-likeness (QED) is 0.902. The van der Waals surface area contributed by atoms with E-state index in [0.29, 0.717) is 29.9 Å². The first kappa shape index (κ1) is 12.2. The fourth-order valence-corrected chi connectivity index (χ4v) is 2.78. The molecule has 1 aliphatic rings. The van der Waals surface area contributed by atoms with Crippen molar-refractivity contribution in [3.8, 4) is 5.75 Å². The van der Waals surface area contributed by atoms with E-state index < -0.39 is 0 Å². The maximum Gasteiger partial charge on any atom is 0.202 e. The van der Waals surface area contributed by atoms with Gasteiger partial charge in [0.2, 0.25) is 5.43 Å². The number of hydrogen-bond donors (Lipinski definition) is 1. The summed E-state index contributed by atoms with van der Waals surface area (Å²) in [4.78, 5) is 12.5. The summed E-state index contributed by atoms with van der Waals surface area (Å²) in [6.07, 6.45) is 1.26. The van der Waals surface area contributed by atoms with Crippen LogP contribution in [0, 0.1) is 6.92 Å². The molecule has 19 heavy (non-hydrogen) atoms. The van der Waals surface area contributed by atoms with Gasteiger partial charge in [-0.3, -0.25) is 4.79 Å². The third-order valence-corrected chi connectivity index (χ3v) is 3.55. The molecule has 4 nitrogen and oxygen atoms in total. The summed E-state index contributed by atoms with van der Waals surface area (Å²) in [6, 6.07) is 3.36. The van der Waals surface area contributed by atoms with Crippen LogP contribution in [0.5, 0.6) is 5.75 Å². The number of rotatable bonds is 2. The summed E-state index contributed by atoms with van der Waals surface area (Å²) in [5, 5.41) is 10.2. The van der Waals surface area contributed by atoms with E-state index in [1.165, 1.54) is 0 Å². The maximum absolute atomic E-state index is 12.5. The number of aryl methyl sites for hydroxylation is 2. The van der Waals surface area contributed by atoms with Crippen molar-refractivity contribution in [1.29, 1.82) is 0 Å². The summed E-state index contributed by atoms with van der Waals surface area (Å²) in [7, 11) is 0. The minimum atomic E-state index is -0.207. The van der Waals surface area contributed by atoms with Crippen LogP contribution >= 0.6 is 0 Å². The van der Waals surface area contributed by atoms with Crippen LogP contribution in [0.2, 0.25) is 0 Å². The lowest BCUT2D eigenvalue weighted by Gasteiger charge is -2.11. The lowest BCUT2D eigenvalue weighted by molar-refractivity contribution is 0.0634. The Morgan fingerprint density at radius 1 is 1.47 bits per heavy atom. The van der Waals surface area contributed by atoms with Crippen molar-refractivity contribution >= 4 is 11.0 Å². The first-order valence-electron chi connectivity index (χ1n) is 6.52. The molecule has 0 saturated carbocycles. The van der Waals surface area contributed by atoms with Crippen LogP contribution in [0.4, 0.5) is 0 Å². The van der Waals surface area contributed by atoms with E-state index in [9.17, 15) is 9.90 Å². The molecular weight excluding hydrogens is 244 g/mol. The van der Waals surface area contributed by atoms with Crippen molar-refractivity contribution in [1.82, 2.24) is 0 Å². The Morgan fingerprint density at radius 3 is 3.00 bits per heavy atom. The Hall–Kier alpha value is -1.81. The normalized spacial score (nSPS) is 17.9. The van der Waals surface area contributed by atoms with Crippen molar-refractivity contribution in [2.24, 2.45) is 0 Å². The molecule has 0 unspecified atom stereocenters. The van der Waals surface area contributed by atoms with E-state index in [1.54, 1.807) is 12.1 Å². The monoisotopic (exact) mass is 260 g/mol. The zero-order valence-corrected chi connectivity index (χ0v) is 11.0. The fraction of sp³-hybridized carbons (Fsp3) is 0.400. The number of aromatic hydroxyl groups is 1. The van der Waals surface area contributed by atoms with Gasteiger partial charge in [-0.25, -0.2) is 0 Å². The van der Waals surface area contributed by atoms with Gasteiger partial charge in [0, 0.05) is 13.0 Å². The first-order valence-corrected chi connectivity index (χ1v) is 6.52. The molecule has 0 radical (unpaired) electrons. The van der Waals surface area contributed by atoms with Gasteiger partial charge in [0.15, 0.2) is 0 Å². The molecule has 0 spiro atoms. The third-order valence-electron chi connectivity index (χ3n) is 3.55. The number of ether oxygens (including phenoxy) is 1. The van der Waals surface area contributed by atoms with Crippen molar-refractivity contribution < 1.29 is 14.3 Å². The molecule has 1 aromatic heterocycles. The smallest absolute Gasteiger partial charge is 0.202 e. The van der Waals surface area contributed by atoms with Gasteiger partial charge in [-0.2, -0.15) is 0 Å². The van der Waals surface area contributed by atoms with Gasteiger partial charge in [-0.1, -0.05) is 0 Å². The summed E-state index contributed by atoms with van der Waals surface area (Å²) in [6.45, 7) is 4.32. The van der Waals surface area contributed by atoms with Gasteiger partial charge in [0.1, 0.15) is 22.5 Å². The Labute approximate surface area is 110 Å². The van der Waals surface area contributed by atoms with Crippen LogP contribution in [-0.2, 0) is 11.2 Å². The molecule has 3 rings (SSSR count). The predicted octanol–water partition coefficient (Wildman–Crippen LogP) is 2.83.